The van der Waals surface area contributed by atoms with E-state index >= 15 is 0 Å². The predicted molar refractivity (Wildman–Crippen MR) is 90.4 cm³/mol. The summed E-state index contributed by atoms with van der Waals surface area (Å²) < 4.78 is 19.7. The van der Waals surface area contributed by atoms with Crippen LogP contribution < -0.4 is 5.32 Å². The monoisotopic (exact) mass is 410 g/mol. The molecule has 0 fully saturated rings. The largest absolute Gasteiger partial charge is 0.468 e. The minimum atomic E-state index is -0.690. The molecule has 0 saturated heterocycles. The number of hydrogen-bond donors (Lipinski definition) is 2. The number of nitrogens with zero attached hydrogens (tertiary/aromatic N) is 2. The van der Waals surface area contributed by atoms with Gasteiger partial charge < -0.3 is 19.9 Å². The molecule has 1 aromatic heterocycles. The van der Waals surface area contributed by atoms with Crippen LogP contribution in [0.1, 0.15) is 23.0 Å². The fourth-order valence-corrected chi connectivity index (χ4v) is 3.23. The van der Waals surface area contributed by atoms with Crippen LogP contribution in [0.5, 0.6) is 0 Å². The highest BCUT2D eigenvalue weighted by atomic mass is 79.9. The smallest absolute Gasteiger partial charge is 0.325 e. The molecule has 2 aromatic rings. The van der Waals surface area contributed by atoms with Crippen molar-refractivity contribution in [2.75, 3.05) is 20.2 Å². The molecule has 132 valence electrons. The number of imidazole rings is 1. The zero-order valence-electron chi connectivity index (χ0n) is 13.4. The molecule has 1 atom stereocenters. The first kappa shape index (κ1) is 17.4. The van der Waals surface area contributed by atoms with Gasteiger partial charge in [-0.3, -0.25) is 4.79 Å². The molecule has 7 nitrogen and oxygen atoms in total. The SMILES string of the molecule is COC(=O)CNC(=O)N1CCc2[nH]cnc2[C@H]1c1cc(Br)ccc1F. The van der Waals surface area contributed by atoms with Crippen molar-refractivity contribution in [1.29, 1.82) is 0 Å². The Bertz CT molecular complexity index is 810. The molecule has 1 aliphatic heterocycles. The maximum Gasteiger partial charge on any atom is 0.325 e. The zero-order valence-corrected chi connectivity index (χ0v) is 15.0. The second kappa shape index (κ2) is 7.22. The summed E-state index contributed by atoms with van der Waals surface area (Å²) in [5.41, 5.74) is 1.79. The molecule has 25 heavy (non-hydrogen) atoms. The molecule has 0 radical (unpaired) electrons. The van der Waals surface area contributed by atoms with Gasteiger partial charge >= 0.3 is 12.0 Å². The van der Waals surface area contributed by atoms with E-state index in [9.17, 15) is 14.0 Å². The van der Waals surface area contributed by atoms with Gasteiger partial charge in [0.2, 0.25) is 0 Å². The van der Waals surface area contributed by atoms with Gasteiger partial charge in [0.15, 0.2) is 0 Å². The normalized spacial score (nSPS) is 16.3. The lowest BCUT2D eigenvalue weighted by molar-refractivity contribution is -0.139. The third kappa shape index (κ3) is 3.51. The van der Waals surface area contributed by atoms with E-state index in [1.54, 1.807) is 12.1 Å². The minimum Gasteiger partial charge on any atom is -0.468 e. The van der Waals surface area contributed by atoms with Crippen LogP contribution in [0.4, 0.5) is 9.18 Å². The van der Waals surface area contributed by atoms with Crippen LogP contribution in [-0.4, -0.2) is 47.1 Å². The standard InChI is InChI=1S/C16H16BrFN4O3/c1-25-13(23)7-19-16(24)22-5-4-12-14(21-8-20-12)15(22)10-6-9(17)2-3-11(10)18/h2-3,6,8,15H,4-5,7H2,1H3,(H,19,24)(H,20,21)/t15-/m1/s1. The van der Waals surface area contributed by atoms with E-state index in [4.69, 9.17) is 0 Å². The van der Waals surface area contributed by atoms with Crippen molar-refractivity contribution in [3.8, 4) is 0 Å². The van der Waals surface area contributed by atoms with Gasteiger partial charge in [-0.2, -0.15) is 0 Å². The average Bonchev–Trinajstić information content (AvgIpc) is 3.09. The molecular weight excluding hydrogens is 395 g/mol. The average molecular weight is 411 g/mol. The van der Waals surface area contributed by atoms with E-state index < -0.39 is 23.9 Å². The van der Waals surface area contributed by atoms with Crippen molar-refractivity contribution in [3.63, 3.8) is 0 Å². The molecule has 3 rings (SSSR count). The van der Waals surface area contributed by atoms with E-state index in [1.165, 1.54) is 24.4 Å². The predicted octanol–water partition coefficient (Wildman–Crippen LogP) is 2.14. The first-order chi connectivity index (χ1) is 12.0. The lowest BCUT2D eigenvalue weighted by Gasteiger charge is -2.35. The van der Waals surface area contributed by atoms with Crippen molar-refractivity contribution in [3.05, 3.63) is 51.8 Å². The van der Waals surface area contributed by atoms with E-state index in [0.717, 1.165) is 5.69 Å². The molecule has 2 heterocycles. The second-order valence-corrected chi connectivity index (χ2v) is 6.43. The van der Waals surface area contributed by atoms with Crippen LogP contribution in [0.2, 0.25) is 0 Å². The van der Waals surface area contributed by atoms with Crippen molar-refractivity contribution >= 4 is 27.9 Å². The Balaban J connectivity index is 1.96. The Morgan fingerprint density at radius 1 is 1.52 bits per heavy atom. The number of nitrogens with one attached hydrogen (secondary N) is 2. The lowest BCUT2D eigenvalue weighted by atomic mass is 9.95. The van der Waals surface area contributed by atoms with Gasteiger partial charge in [0.25, 0.3) is 0 Å². The van der Waals surface area contributed by atoms with Crippen molar-refractivity contribution in [2.24, 2.45) is 0 Å². The summed E-state index contributed by atoms with van der Waals surface area (Å²) in [7, 11) is 1.24. The lowest BCUT2D eigenvalue weighted by Crippen LogP contribution is -2.47. The minimum absolute atomic E-state index is 0.257. The molecule has 2 N–H and O–H groups in total. The fourth-order valence-electron chi connectivity index (χ4n) is 2.86. The van der Waals surface area contributed by atoms with Gasteiger partial charge in [-0.1, -0.05) is 15.9 Å². The molecule has 0 bridgehead atoms. The second-order valence-electron chi connectivity index (χ2n) is 5.51. The van der Waals surface area contributed by atoms with Crippen LogP contribution in [0.25, 0.3) is 0 Å². The Kier molecular flexibility index (Phi) is 5.03. The maximum atomic E-state index is 14.5. The molecule has 0 saturated carbocycles. The summed E-state index contributed by atoms with van der Waals surface area (Å²) in [6, 6.07) is 3.39. The maximum absolute atomic E-state index is 14.5. The van der Waals surface area contributed by atoms with Crippen molar-refractivity contribution < 1.29 is 18.7 Å². The van der Waals surface area contributed by atoms with Gasteiger partial charge in [-0.15, -0.1) is 0 Å². The summed E-state index contributed by atoms with van der Waals surface area (Å²) in [4.78, 5) is 32.6. The Morgan fingerprint density at radius 3 is 3.08 bits per heavy atom. The van der Waals surface area contributed by atoms with Crippen LogP contribution in [0.15, 0.2) is 29.0 Å². The molecule has 9 heteroatoms. The number of fused-ring (bicyclic) bond motifs is 1. The number of benzene rings is 1. The third-order valence-corrected chi connectivity index (χ3v) is 4.54. The number of ether oxygens (including phenoxy) is 1. The summed E-state index contributed by atoms with van der Waals surface area (Å²) in [6.07, 6.45) is 2.09. The summed E-state index contributed by atoms with van der Waals surface area (Å²) >= 11 is 3.33. The number of carbonyl (C=O) groups excluding carboxylic acids is 2. The van der Waals surface area contributed by atoms with Gasteiger partial charge in [-0.25, -0.2) is 14.2 Å². The number of aromatic amines is 1. The molecule has 1 aromatic carbocycles. The quantitative estimate of drug-likeness (QED) is 0.758. The summed E-state index contributed by atoms with van der Waals surface area (Å²) in [5.74, 6) is -0.995. The molecular formula is C16H16BrFN4O3. The van der Waals surface area contributed by atoms with Crippen molar-refractivity contribution in [1.82, 2.24) is 20.2 Å². The number of urea groups is 1. The first-order valence-corrected chi connectivity index (χ1v) is 8.39. The van der Waals surface area contributed by atoms with Gasteiger partial charge in [0.1, 0.15) is 18.4 Å². The third-order valence-electron chi connectivity index (χ3n) is 4.05. The van der Waals surface area contributed by atoms with E-state index in [1.807, 2.05) is 0 Å². The fraction of sp³-hybridized carbons (Fsp3) is 0.312. The molecule has 1 aliphatic rings. The van der Waals surface area contributed by atoms with Crippen LogP contribution in [0, 0.1) is 5.82 Å². The van der Waals surface area contributed by atoms with E-state index in [0.29, 0.717) is 28.7 Å². The zero-order chi connectivity index (χ0) is 18.0. The number of halogens is 2. The number of rotatable bonds is 3. The van der Waals surface area contributed by atoms with Crippen LogP contribution in [-0.2, 0) is 16.0 Å². The number of hydrogen-bond acceptors (Lipinski definition) is 4. The number of amides is 2. The molecule has 0 spiro atoms. The highest BCUT2D eigenvalue weighted by Crippen LogP contribution is 2.35. The Hall–Kier alpha value is -2.42. The first-order valence-electron chi connectivity index (χ1n) is 7.59. The van der Waals surface area contributed by atoms with Crippen LogP contribution in [0.3, 0.4) is 0 Å². The summed E-state index contributed by atoms with van der Waals surface area (Å²) in [5, 5.41) is 2.50. The number of aromatic nitrogens is 2. The number of methoxy groups -OCH3 is 1. The number of H-pyrrole nitrogens is 1. The molecule has 0 unspecified atom stereocenters. The molecule has 2 amide bonds. The van der Waals surface area contributed by atoms with Gasteiger partial charge in [0, 0.05) is 28.7 Å². The highest BCUT2D eigenvalue weighted by molar-refractivity contribution is 9.10. The Morgan fingerprint density at radius 2 is 2.32 bits per heavy atom. The van der Waals surface area contributed by atoms with Gasteiger partial charge in [0.05, 0.1) is 19.1 Å². The highest BCUT2D eigenvalue weighted by Gasteiger charge is 2.35. The number of carbonyl (C=O) groups is 2. The van der Waals surface area contributed by atoms with E-state index in [2.05, 4.69) is 36.0 Å². The topological polar surface area (TPSA) is 87.3 Å². The number of esters is 1. The van der Waals surface area contributed by atoms with Crippen molar-refractivity contribution in [2.45, 2.75) is 12.5 Å². The van der Waals surface area contributed by atoms with Crippen LogP contribution >= 0.6 is 15.9 Å². The van der Waals surface area contributed by atoms with Gasteiger partial charge in [-0.05, 0) is 18.2 Å². The Labute approximate surface area is 151 Å². The molecule has 0 aliphatic carbocycles. The van der Waals surface area contributed by atoms with E-state index in [-0.39, 0.29) is 6.54 Å². The summed E-state index contributed by atoms with van der Waals surface area (Å²) in [6.45, 7) is 0.103.